The Kier molecular flexibility index (Phi) is 3.01. The minimum absolute atomic E-state index is 0.365. The molecule has 1 aliphatic rings. The highest BCUT2D eigenvalue weighted by Crippen LogP contribution is 2.33. The van der Waals surface area contributed by atoms with Crippen molar-refractivity contribution in [2.45, 2.75) is 45.1 Å². The standard InChI is InChI=1S/C15H18N2O2/c1-10-16-13-9-5-8-12(15(18)19)14(13)17(10)11-6-3-2-4-7-11/h5,8-9,11H,2-4,6-7H2,1H3,(H,18,19). The van der Waals surface area contributed by atoms with Gasteiger partial charge in [-0.15, -0.1) is 0 Å². The molecular formula is C15H18N2O2. The Hall–Kier alpha value is -1.84. The first-order valence-electron chi connectivity index (χ1n) is 6.89. The largest absolute Gasteiger partial charge is 0.478 e. The molecule has 1 fully saturated rings. The van der Waals surface area contributed by atoms with Crippen LogP contribution >= 0.6 is 0 Å². The van der Waals surface area contributed by atoms with Gasteiger partial charge in [0.25, 0.3) is 0 Å². The monoisotopic (exact) mass is 258 g/mol. The molecule has 0 atom stereocenters. The molecule has 1 heterocycles. The van der Waals surface area contributed by atoms with E-state index in [9.17, 15) is 9.90 Å². The van der Waals surface area contributed by atoms with E-state index in [1.165, 1.54) is 19.3 Å². The van der Waals surface area contributed by atoms with Crippen molar-refractivity contribution in [2.75, 3.05) is 0 Å². The number of carboxylic acid groups (broad SMARTS) is 1. The molecule has 0 amide bonds. The molecule has 1 aromatic heterocycles. The smallest absolute Gasteiger partial charge is 0.337 e. The van der Waals surface area contributed by atoms with Gasteiger partial charge in [0.15, 0.2) is 0 Å². The van der Waals surface area contributed by atoms with Gasteiger partial charge in [-0.05, 0) is 31.9 Å². The van der Waals surface area contributed by atoms with Crippen LogP contribution in [0.5, 0.6) is 0 Å². The van der Waals surface area contributed by atoms with Gasteiger partial charge in [0.05, 0.1) is 16.6 Å². The van der Waals surface area contributed by atoms with E-state index in [0.717, 1.165) is 29.7 Å². The van der Waals surface area contributed by atoms with Crippen LogP contribution in [-0.4, -0.2) is 20.6 Å². The van der Waals surface area contributed by atoms with Crippen molar-refractivity contribution < 1.29 is 9.90 Å². The Labute approximate surface area is 112 Å². The van der Waals surface area contributed by atoms with Crippen molar-refractivity contribution in [3.8, 4) is 0 Å². The number of benzene rings is 1. The van der Waals surface area contributed by atoms with Crippen molar-refractivity contribution in [3.05, 3.63) is 29.6 Å². The molecule has 0 unspecified atom stereocenters. The first-order chi connectivity index (χ1) is 9.18. The summed E-state index contributed by atoms with van der Waals surface area (Å²) in [6.45, 7) is 1.97. The van der Waals surface area contributed by atoms with Crippen LogP contribution in [0.25, 0.3) is 11.0 Å². The van der Waals surface area contributed by atoms with Gasteiger partial charge >= 0.3 is 5.97 Å². The van der Waals surface area contributed by atoms with E-state index >= 15 is 0 Å². The maximum atomic E-state index is 11.4. The lowest BCUT2D eigenvalue weighted by Crippen LogP contribution is -2.15. The predicted molar refractivity (Wildman–Crippen MR) is 73.6 cm³/mol. The number of carbonyl (C=O) groups is 1. The van der Waals surface area contributed by atoms with Gasteiger partial charge in [-0.25, -0.2) is 9.78 Å². The van der Waals surface area contributed by atoms with Crippen LogP contribution < -0.4 is 0 Å². The fourth-order valence-corrected chi connectivity index (χ4v) is 3.22. The second-order valence-corrected chi connectivity index (χ2v) is 5.30. The van der Waals surface area contributed by atoms with Gasteiger partial charge in [0, 0.05) is 6.04 Å². The fraction of sp³-hybridized carbons (Fsp3) is 0.467. The molecule has 1 N–H and O–H groups in total. The number of imidazole rings is 1. The van der Waals surface area contributed by atoms with Crippen LogP contribution in [0.15, 0.2) is 18.2 Å². The molecule has 0 aliphatic heterocycles. The Balaban J connectivity index is 2.21. The molecule has 4 nitrogen and oxygen atoms in total. The zero-order valence-electron chi connectivity index (χ0n) is 11.1. The fourth-order valence-electron chi connectivity index (χ4n) is 3.22. The molecular weight excluding hydrogens is 240 g/mol. The minimum Gasteiger partial charge on any atom is -0.478 e. The second kappa shape index (κ2) is 4.68. The number of rotatable bonds is 2. The summed E-state index contributed by atoms with van der Waals surface area (Å²) in [6, 6.07) is 5.74. The van der Waals surface area contributed by atoms with Crippen LogP contribution in [0.2, 0.25) is 0 Å². The molecule has 100 valence electrons. The maximum Gasteiger partial charge on any atom is 0.337 e. The summed E-state index contributed by atoms with van der Waals surface area (Å²) in [4.78, 5) is 15.9. The Bertz CT molecular complexity index is 624. The zero-order chi connectivity index (χ0) is 13.4. The molecule has 2 aromatic rings. The molecule has 4 heteroatoms. The first kappa shape index (κ1) is 12.2. The topological polar surface area (TPSA) is 55.1 Å². The maximum absolute atomic E-state index is 11.4. The Morgan fingerprint density at radius 2 is 2.05 bits per heavy atom. The van der Waals surface area contributed by atoms with Crippen LogP contribution in [-0.2, 0) is 0 Å². The lowest BCUT2D eigenvalue weighted by molar-refractivity contribution is 0.0698. The van der Waals surface area contributed by atoms with E-state index in [-0.39, 0.29) is 0 Å². The molecule has 0 saturated heterocycles. The third-order valence-electron chi connectivity index (χ3n) is 4.06. The van der Waals surface area contributed by atoms with Crippen molar-refractivity contribution >= 4 is 17.0 Å². The average Bonchev–Trinajstić information content (AvgIpc) is 2.75. The number of hydrogen-bond acceptors (Lipinski definition) is 2. The molecule has 1 aliphatic carbocycles. The van der Waals surface area contributed by atoms with Gasteiger partial charge in [0.1, 0.15) is 5.82 Å². The summed E-state index contributed by atoms with van der Waals surface area (Å²) in [6.07, 6.45) is 5.98. The molecule has 0 bridgehead atoms. The molecule has 1 saturated carbocycles. The summed E-state index contributed by atoms with van der Waals surface area (Å²) >= 11 is 0. The normalized spacial score (nSPS) is 16.9. The Morgan fingerprint density at radius 3 is 2.74 bits per heavy atom. The van der Waals surface area contributed by atoms with E-state index in [1.807, 2.05) is 13.0 Å². The summed E-state index contributed by atoms with van der Waals surface area (Å²) in [7, 11) is 0. The third kappa shape index (κ3) is 2.01. The van der Waals surface area contributed by atoms with Gasteiger partial charge < -0.3 is 9.67 Å². The SMILES string of the molecule is Cc1nc2cccc(C(=O)O)c2n1C1CCCCC1. The van der Waals surface area contributed by atoms with Crippen LogP contribution in [0.4, 0.5) is 0 Å². The number of nitrogens with zero attached hydrogens (tertiary/aromatic N) is 2. The van der Waals surface area contributed by atoms with Crippen molar-refractivity contribution in [1.29, 1.82) is 0 Å². The minimum atomic E-state index is -0.873. The molecule has 0 spiro atoms. The number of aromatic nitrogens is 2. The second-order valence-electron chi connectivity index (χ2n) is 5.30. The number of para-hydroxylation sites is 1. The van der Waals surface area contributed by atoms with Gasteiger partial charge in [-0.1, -0.05) is 25.3 Å². The van der Waals surface area contributed by atoms with E-state index in [0.29, 0.717) is 11.6 Å². The van der Waals surface area contributed by atoms with Crippen molar-refractivity contribution in [3.63, 3.8) is 0 Å². The summed E-state index contributed by atoms with van der Waals surface area (Å²) in [5.41, 5.74) is 1.95. The quantitative estimate of drug-likeness (QED) is 0.896. The number of hydrogen-bond donors (Lipinski definition) is 1. The summed E-state index contributed by atoms with van der Waals surface area (Å²) in [5.74, 6) is 0.0539. The van der Waals surface area contributed by atoms with Crippen LogP contribution in [0, 0.1) is 6.92 Å². The van der Waals surface area contributed by atoms with Crippen molar-refractivity contribution in [2.24, 2.45) is 0 Å². The number of fused-ring (bicyclic) bond motifs is 1. The highest BCUT2D eigenvalue weighted by Gasteiger charge is 2.22. The number of carboxylic acids is 1. The van der Waals surface area contributed by atoms with E-state index in [4.69, 9.17) is 0 Å². The zero-order valence-corrected chi connectivity index (χ0v) is 11.1. The lowest BCUT2D eigenvalue weighted by Gasteiger charge is -2.25. The summed E-state index contributed by atoms with van der Waals surface area (Å²) < 4.78 is 2.15. The lowest BCUT2D eigenvalue weighted by atomic mass is 9.95. The molecule has 1 aromatic carbocycles. The number of aryl methyl sites for hydroxylation is 1. The first-order valence-corrected chi connectivity index (χ1v) is 6.89. The predicted octanol–water partition coefficient (Wildman–Crippen LogP) is 3.55. The van der Waals surface area contributed by atoms with Crippen molar-refractivity contribution in [1.82, 2.24) is 9.55 Å². The van der Waals surface area contributed by atoms with Gasteiger partial charge in [-0.2, -0.15) is 0 Å². The number of aromatic carboxylic acids is 1. The highest BCUT2D eigenvalue weighted by molar-refractivity contribution is 6.01. The van der Waals surface area contributed by atoms with Gasteiger partial charge in [-0.3, -0.25) is 0 Å². The molecule has 3 rings (SSSR count). The highest BCUT2D eigenvalue weighted by atomic mass is 16.4. The van der Waals surface area contributed by atoms with E-state index in [1.54, 1.807) is 12.1 Å². The van der Waals surface area contributed by atoms with E-state index < -0.39 is 5.97 Å². The van der Waals surface area contributed by atoms with Crippen LogP contribution in [0.1, 0.15) is 54.3 Å². The Morgan fingerprint density at radius 1 is 1.32 bits per heavy atom. The molecule has 0 radical (unpaired) electrons. The molecule has 19 heavy (non-hydrogen) atoms. The third-order valence-corrected chi connectivity index (χ3v) is 4.06. The van der Waals surface area contributed by atoms with Crippen LogP contribution in [0.3, 0.4) is 0 Å². The van der Waals surface area contributed by atoms with Gasteiger partial charge in [0.2, 0.25) is 0 Å². The summed E-state index contributed by atoms with van der Waals surface area (Å²) in [5, 5.41) is 9.37. The van der Waals surface area contributed by atoms with E-state index in [2.05, 4.69) is 9.55 Å². The average molecular weight is 258 g/mol.